The first-order chi connectivity index (χ1) is 74.4. The highest BCUT2D eigenvalue weighted by molar-refractivity contribution is 6.10. The van der Waals surface area contributed by atoms with Crippen molar-refractivity contribution in [3.05, 3.63) is 601 Å². The third kappa shape index (κ3) is 18.8. The van der Waals surface area contributed by atoms with Gasteiger partial charge in [0.15, 0.2) is 0 Å². The highest BCUT2D eigenvalue weighted by atomic mass is 16.3. The number of fused-ring (bicyclic) bond motifs is 9. The van der Waals surface area contributed by atoms with Crippen LogP contribution in [0.3, 0.4) is 0 Å². The van der Waals surface area contributed by atoms with Crippen molar-refractivity contribution in [2.24, 2.45) is 0 Å². The van der Waals surface area contributed by atoms with Crippen molar-refractivity contribution in [2.75, 3.05) is 14.7 Å². The quantitative estimate of drug-likeness (QED) is 0.0715. The van der Waals surface area contributed by atoms with Gasteiger partial charge in [-0.2, -0.15) is 0 Å². The average molecular weight is 1920 g/mol. The molecule has 0 bridgehead atoms. The van der Waals surface area contributed by atoms with E-state index in [-0.39, 0.29) is 0 Å². The molecule has 0 N–H and O–H groups in total. The van der Waals surface area contributed by atoms with E-state index >= 15 is 0 Å². The SMILES string of the molecule is c1ccc(-c2ccc(-c3cccc(N(c4ccc5c(c4)oc4ccccc45)c4ccccc4-c4cccc(-c5ccccc5)c4)c3)cc2)cc1.c1ccc(-c2ccc(-c3cccc(N(c4ccc5c(c4)oc4ccccc45)c4ccccc4-c4ccccc4-c4ccccc4)c3)cc2)cc1.c1ccc(-c2cccc(-c3cccc(N(c4cccc(-c5ccccc5-c5ccccc5)c4)c4ccc5c(c4)oc4ccccc45)c3)c2)cc1. The molecular formula is C144H99N3O3. The van der Waals surface area contributed by atoms with Crippen molar-refractivity contribution >= 4 is 117 Å². The van der Waals surface area contributed by atoms with Gasteiger partial charge in [0.05, 0.1) is 11.4 Å². The van der Waals surface area contributed by atoms with Crippen molar-refractivity contribution < 1.29 is 13.3 Å². The normalized spacial score (nSPS) is 11.2. The van der Waals surface area contributed by atoms with Crippen molar-refractivity contribution in [2.45, 2.75) is 0 Å². The molecule has 24 aromatic carbocycles. The third-order valence-corrected chi connectivity index (χ3v) is 28.4. The smallest absolute Gasteiger partial charge is 0.137 e. The molecule has 150 heavy (non-hydrogen) atoms. The Hall–Kier alpha value is -19.9. The molecule has 708 valence electrons. The number of hydrogen-bond acceptors (Lipinski definition) is 6. The second kappa shape index (κ2) is 41.4. The fourth-order valence-corrected chi connectivity index (χ4v) is 21.1. The topological polar surface area (TPSA) is 49.1 Å². The Labute approximate surface area is 872 Å². The number of nitrogens with zero attached hydrogens (tertiary/aromatic N) is 3. The second-order valence-electron chi connectivity index (χ2n) is 37.7. The van der Waals surface area contributed by atoms with Crippen LogP contribution in [0.2, 0.25) is 0 Å². The van der Waals surface area contributed by atoms with E-state index in [1.54, 1.807) is 0 Å². The Balaban J connectivity index is 0.000000116. The van der Waals surface area contributed by atoms with E-state index in [1.165, 1.54) is 94.6 Å². The van der Waals surface area contributed by atoms with Gasteiger partial charge >= 0.3 is 0 Å². The number of hydrogen-bond donors (Lipinski definition) is 0. The molecule has 6 heteroatoms. The molecule has 0 unspecified atom stereocenters. The summed E-state index contributed by atoms with van der Waals surface area (Å²) in [4.78, 5) is 7.07. The molecule has 0 spiro atoms. The molecule has 0 saturated heterocycles. The van der Waals surface area contributed by atoms with E-state index in [9.17, 15) is 0 Å². The summed E-state index contributed by atoms with van der Waals surface area (Å²) in [7, 11) is 0. The Bertz CT molecular complexity index is 9510. The van der Waals surface area contributed by atoms with Crippen molar-refractivity contribution in [1.82, 2.24) is 0 Å². The molecule has 0 atom stereocenters. The van der Waals surface area contributed by atoms with Crippen molar-refractivity contribution in [3.63, 3.8) is 0 Å². The van der Waals surface area contributed by atoms with Crippen LogP contribution in [-0.4, -0.2) is 0 Å². The fraction of sp³-hybridized carbons (Fsp3) is 0. The van der Waals surface area contributed by atoms with E-state index in [0.29, 0.717) is 0 Å². The number of furan rings is 3. The second-order valence-corrected chi connectivity index (χ2v) is 37.7. The van der Waals surface area contributed by atoms with Crippen molar-refractivity contribution in [1.29, 1.82) is 0 Å². The van der Waals surface area contributed by atoms with Crippen molar-refractivity contribution in [3.8, 4) is 134 Å². The molecule has 0 fully saturated rings. The molecule has 3 heterocycles. The van der Waals surface area contributed by atoms with Gasteiger partial charge in [-0.1, -0.05) is 455 Å². The largest absolute Gasteiger partial charge is 0.456 e. The van der Waals surface area contributed by atoms with E-state index in [1.807, 2.05) is 36.4 Å². The summed E-state index contributed by atoms with van der Waals surface area (Å²) in [5.74, 6) is 0. The van der Waals surface area contributed by atoms with Crippen LogP contribution in [0.5, 0.6) is 0 Å². The van der Waals surface area contributed by atoms with Crippen LogP contribution in [0.15, 0.2) is 614 Å². The summed E-state index contributed by atoms with van der Waals surface area (Å²) >= 11 is 0. The van der Waals surface area contributed by atoms with Gasteiger partial charge in [0.1, 0.15) is 33.5 Å². The maximum Gasteiger partial charge on any atom is 0.137 e. The van der Waals surface area contributed by atoms with E-state index in [4.69, 9.17) is 13.3 Å². The van der Waals surface area contributed by atoms with E-state index in [2.05, 4.69) is 579 Å². The van der Waals surface area contributed by atoms with Gasteiger partial charge in [0, 0.05) is 101 Å². The fourth-order valence-electron chi connectivity index (χ4n) is 21.1. The molecular weight excluding hydrogens is 1820 g/mol. The van der Waals surface area contributed by atoms with Crippen LogP contribution in [0.4, 0.5) is 51.2 Å². The lowest BCUT2D eigenvalue weighted by Crippen LogP contribution is -2.11. The van der Waals surface area contributed by atoms with Gasteiger partial charge < -0.3 is 28.0 Å². The minimum Gasteiger partial charge on any atom is -0.456 e. The highest BCUT2D eigenvalue weighted by Crippen LogP contribution is 2.51. The predicted molar refractivity (Wildman–Crippen MR) is 630 cm³/mol. The third-order valence-electron chi connectivity index (χ3n) is 28.4. The van der Waals surface area contributed by atoms with Gasteiger partial charge in [-0.25, -0.2) is 0 Å². The highest BCUT2D eigenvalue weighted by Gasteiger charge is 2.26. The molecule has 27 aromatic rings. The Kier molecular flexibility index (Phi) is 25.2. The zero-order chi connectivity index (χ0) is 99.8. The molecule has 0 aliphatic carbocycles. The summed E-state index contributed by atoms with van der Waals surface area (Å²) in [5, 5.41) is 6.71. The summed E-state index contributed by atoms with van der Waals surface area (Å²) in [6, 6.07) is 213. The minimum atomic E-state index is 0.864. The van der Waals surface area contributed by atoms with Gasteiger partial charge in [0.25, 0.3) is 0 Å². The van der Waals surface area contributed by atoms with Crippen LogP contribution < -0.4 is 14.7 Å². The molecule has 6 nitrogen and oxygen atoms in total. The number of para-hydroxylation sites is 5. The first kappa shape index (κ1) is 91.3. The monoisotopic (exact) mass is 1920 g/mol. The zero-order valence-corrected chi connectivity index (χ0v) is 82.2. The molecule has 27 rings (SSSR count). The van der Waals surface area contributed by atoms with Crippen LogP contribution in [-0.2, 0) is 0 Å². The maximum atomic E-state index is 6.42. The van der Waals surface area contributed by atoms with Gasteiger partial charge in [-0.3, -0.25) is 0 Å². The Morgan fingerprint density at radius 3 is 0.693 bits per heavy atom. The van der Waals surface area contributed by atoms with Crippen LogP contribution in [0.1, 0.15) is 0 Å². The number of benzene rings is 24. The first-order valence-electron chi connectivity index (χ1n) is 51.0. The predicted octanol–water partition coefficient (Wildman–Crippen LogP) is 41.2. The number of rotatable bonds is 21. The van der Waals surface area contributed by atoms with E-state index in [0.717, 1.165) is 156 Å². The minimum absolute atomic E-state index is 0.864. The summed E-state index contributed by atoms with van der Waals surface area (Å²) in [6.07, 6.45) is 0. The van der Waals surface area contributed by atoms with Gasteiger partial charge in [-0.05, 0) is 250 Å². The standard InChI is InChI=1S/3C48H33NO/c1-3-13-34(14-4-1)36-25-27-37(28-26-36)39-18-12-20-41(32-39)49(42-29-30-45-44-22-8-10-24-47(44)50-48(45)33-42)46-23-9-7-21-43(46)40-19-11-17-38(31-40)35-15-5-2-6-16-35;1-3-14-34(15-4-1)35-26-28-36(29-27-35)38-18-13-19-39(32-38)49(40-30-31-45-44-23-10-12-25-47(44)50-48(45)33-40)46-24-11-9-22-43(46)42-21-8-7-20-41(42)37-16-5-2-6-17-37;1-3-14-34(15-4-1)36-18-11-19-37(30-36)38-20-12-22-40(31-38)49(42-28-29-46-45-26-9-10-27-47(45)50-48(46)33-42)41-23-13-21-39(32-41)44-25-8-7-24-43(44)35-16-5-2-6-17-35/h3*1-33H. The Morgan fingerprint density at radius 1 is 0.100 bits per heavy atom. The van der Waals surface area contributed by atoms with Gasteiger partial charge in [-0.15, -0.1) is 0 Å². The molecule has 0 amide bonds. The molecule has 0 radical (unpaired) electrons. The molecule has 0 aliphatic heterocycles. The lowest BCUT2D eigenvalue weighted by atomic mass is 9.93. The summed E-state index contributed by atoms with van der Waals surface area (Å²) < 4.78 is 19.2. The summed E-state index contributed by atoms with van der Waals surface area (Å²) in [5.41, 5.74) is 43.2. The maximum absolute atomic E-state index is 6.42. The number of anilines is 9. The molecule has 3 aromatic heterocycles. The van der Waals surface area contributed by atoms with Gasteiger partial charge in [0.2, 0.25) is 0 Å². The van der Waals surface area contributed by atoms with Crippen LogP contribution in [0, 0.1) is 0 Å². The Morgan fingerprint density at radius 2 is 0.307 bits per heavy atom. The lowest BCUT2D eigenvalue weighted by Gasteiger charge is -2.29. The van der Waals surface area contributed by atoms with Crippen LogP contribution in [0.25, 0.3) is 199 Å². The van der Waals surface area contributed by atoms with Crippen LogP contribution >= 0.6 is 0 Å². The zero-order valence-electron chi connectivity index (χ0n) is 82.2. The van der Waals surface area contributed by atoms with E-state index < -0.39 is 0 Å². The summed E-state index contributed by atoms with van der Waals surface area (Å²) in [6.45, 7) is 0. The average Bonchev–Trinajstić information content (AvgIpc) is 1.42. The molecule has 0 saturated carbocycles. The molecule has 0 aliphatic rings. The lowest BCUT2D eigenvalue weighted by molar-refractivity contribution is 0.668. The first-order valence-corrected chi connectivity index (χ1v) is 51.0.